The Balaban J connectivity index is 1.80. The summed E-state index contributed by atoms with van der Waals surface area (Å²) in [6.07, 6.45) is -3.82. The second kappa shape index (κ2) is 7.17. The number of alkyl halides is 3. The van der Waals surface area contributed by atoms with E-state index in [-0.39, 0.29) is 18.9 Å². The number of amides is 1. The van der Waals surface area contributed by atoms with Crippen molar-refractivity contribution >= 4 is 17.3 Å². The molecule has 0 saturated carbocycles. The van der Waals surface area contributed by atoms with Crippen molar-refractivity contribution in [3.05, 3.63) is 60.2 Å². The number of likely N-dealkylation sites (tertiary alicyclic amines) is 1. The molecule has 1 saturated heterocycles. The lowest BCUT2D eigenvalue weighted by atomic mass is 9.96. The molecule has 0 aliphatic carbocycles. The maximum atomic E-state index is 13.0. The maximum absolute atomic E-state index is 13.0. The average Bonchev–Trinajstić information content (AvgIpc) is 2.62. The first-order valence-electron chi connectivity index (χ1n) is 8.22. The van der Waals surface area contributed by atoms with Crippen LogP contribution in [0, 0.1) is 5.92 Å². The van der Waals surface area contributed by atoms with Gasteiger partial charge in [0.2, 0.25) is 0 Å². The number of hydrogen-bond acceptors (Lipinski definition) is 2. The van der Waals surface area contributed by atoms with Gasteiger partial charge in [0.25, 0.3) is 5.91 Å². The van der Waals surface area contributed by atoms with Gasteiger partial charge in [0, 0.05) is 18.8 Å². The lowest BCUT2D eigenvalue weighted by Gasteiger charge is -2.34. The molecule has 0 unspecified atom stereocenters. The van der Waals surface area contributed by atoms with Crippen LogP contribution in [0.15, 0.2) is 54.6 Å². The second-order valence-corrected chi connectivity index (χ2v) is 6.17. The number of para-hydroxylation sites is 2. The molecule has 2 aromatic rings. The van der Waals surface area contributed by atoms with Crippen LogP contribution in [0.3, 0.4) is 0 Å². The highest BCUT2D eigenvalue weighted by Crippen LogP contribution is 2.34. The summed E-state index contributed by atoms with van der Waals surface area (Å²) in [5.74, 6) is -1.81. The quantitative estimate of drug-likeness (QED) is 0.860. The maximum Gasteiger partial charge on any atom is 0.393 e. The number of carbonyl (C=O) groups excluding carboxylic acids is 1. The van der Waals surface area contributed by atoms with Gasteiger partial charge in [0.05, 0.1) is 17.2 Å². The first-order chi connectivity index (χ1) is 11.9. The smallest absolute Gasteiger partial charge is 0.355 e. The zero-order valence-corrected chi connectivity index (χ0v) is 13.6. The highest BCUT2D eigenvalue weighted by atomic mass is 19.4. The topological polar surface area (TPSA) is 32.3 Å². The normalized spacial score (nSPS) is 18.0. The van der Waals surface area contributed by atoms with E-state index in [9.17, 15) is 18.0 Å². The number of nitrogens with one attached hydrogen (secondary N) is 1. The van der Waals surface area contributed by atoms with E-state index in [0.717, 1.165) is 5.69 Å². The average molecular weight is 348 g/mol. The van der Waals surface area contributed by atoms with Gasteiger partial charge in [0.1, 0.15) is 0 Å². The third kappa shape index (κ3) is 4.13. The summed E-state index contributed by atoms with van der Waals surface area (Å²) in [6.45, 7) is 0.0765. The zero-order valence-electron chi connectivity index (χ0n) is 13.6. The Morgan fingerprint density at radius 3 is 2.44 bits per heavy atom. The van der Waals surface area contributed by atoms with Gasteiger partial charge < -0.3 is 10.2 Å². The predicted octanol–water partition coefficient (Wildman–Crippen LogP) is 4.84. The van der Waals surface area contributed by atoms with Gasteiger partial charge in [-0.1, -0.05) is 30.3 Å². The Morgan fingerprint density at radius 2 is 1.72 bits per heavy atom. The number of carbonyl (C=O) groups is 1. The zero-order chi connectivity index (χ0) is 17.9. The Labute approximate surface area is 144 Å². The molecule has 1 heterocycles. The van der Waals surface area contributed by atoms with E-state index in [2.05, 4.69) is 5.32 Å². The van der Waals surface area contributed by atoms with Crippen molar-refractivity contribution in [2.75, 3.05) is 18.4 Å². The molecule has 1 amide bonds. The van der Waals surface area contributed by atoms with E-state index in [0.29, 0.717) is 24.2 Å². The van der Waals surface area contributed by atoms with Gasteiger partial charge in [-0.2, -0.15) is 13.2 Å². The summed E-state index contributed by atoms with van der Waals surface area (Å²) in [5, 5.41) is 3.16. The van der Waals surface area contributed by atoms with Crippen molar-refractivity contribution in [1.29, 1.82) is 0 Å². The second-order valence-electron chi connectivity index (χ2n) is 6.17. The summed E-state index contributed by atoms with van der Waals surface area (Å²) in [5.41, 5.74) is 1.79. The van der Waals surface area contributed by atoms with Gasteiger partial charge in [-0.25, -0.2) is 0 Å². The molecule has 1 aliphatic heterocycles. The van der Waals surface area contributed by atoms with E-state index >= 15 is 0 Å². The van der Waals surface area contributed by atoms with Gasteiger partial charge >= 0.3 is 6.18 Å². The third-order valence-electron chi connectivity index (χ3n) is 4.38. The van der Waals surface area contributed by atoms with Crippen molar-refractivity contribution < 1.29 is 18.0 Å². The van der Waals surface area contributed by atoms with Crippen molar-refractivity contribution in [2.45, 2.75) is 19.0 Å². The van der Waals surface area contributed by atoms with Gasteiger partial charge in [-0.05, 0) is 37.1 Å². The van der Waals surface area contributed by atoms with Crippen molar-refractivity contribution in [1.82, 2.24) is 4.90 Å². The van der Waals surface area contributed by atoms with Crippen LogP contribution in [0.5, 0.6) is 0 Å². The van der Waals surface area contributed by atoms with E-state index in [1.807, 2.05) is 30.3 Å². The molecule has 2 aromatic carbocycles. The Morgan fingerprint density at radius 1 is 1.04 bits per heavy atom. The molecule has 25 heavy (non-hydrogen) atoms. The predicted molar refractivity (Wildman–Crippen MR) is 90.8 cm³/mol. The molecule has 1 fully saturated rings. The summed E-state index contributed by atoms with van der Waals surface area (Å²) >= 11 is 0. The van der Waals surface area contributed by atoms with Crippen LogP contribution in [0.2, 0.25) is 0 Å². The minimum Gasteiger partial charge on any atom is -0.355 e. The Hall–Kier alpha value is -2.50. The third-order valence-corrected chi connectivity index (χ3v) is 4.38. The molecule has 0 spiro atoms. The lowest BCUT2D eigenvalue weighted by Crippen LogP contribution is -2.44. The monoisotopic (exact) mass is 348 g/mol. The van der Waals surface area contributed by atoms with E-state index in [1.165, 1.54) is 4.90 Å². The molecule has 0 bridgehead atoms. The molecule has 1 atom stereocenters. The highest BCUT2D eigenvalue weighted by Gasteiger charge is 2.42. The van der Waals surface area contributed by atoms with Crippen LogP contribution >= 0.6 is 0 Å². The summed E-state index contributed by atoms with van der Waals surface area (Å²) in [4.78, 5) is 14.1. The molecule has 132 valence electrons. The molecule has 1 N–H and O–H groups in total. The first-order valence-corrected chi connectivity index (χ1v) is 8.22. The number of rotatable bonds is 3. The standard InChI is InChI=1S/C19H19F3N2O/c20-19(21,22)14-7-6-12-24(13-14)18(25)16-10-4-5-11-17(16)23-15-8-2-1-3-9-15/h1-5,8-11,14,23H,6-7,12-13H2/t14-/m0/s1. The van der Waals surface area contributed by atoms with Crippen molar-refractivity contribution in [3.8, 4) is 0 Å². The molecule has 0 radical (unpaired) electrons. The number of hydrogen-bond donors (Lipinski definition) is 1. The van der Waals surface area contributed by atoms with Crippen LogP contribution in [-0.2, 0) is 0 Å². The Kier molecular flexibility index (Phi) is 4.97. The molecule has 6 heteroatoms. The lowest BCUT2D eigenvalue weighted by molar-refractivity contribution is -0.184. The minimum atomic E-state index is -4.26. The molecule has 1 aliphatic rings. The number of benzene rings is 2. The van der Waals surface area contributed by atoms with Crippen LogP contribution < -0.4 is 5.32 Å². The fourth-order valence-electron chi connectivity index (χ4n) is 3.05. The molecule has 0 aromatic heterocycles. The number of piperidine rings is 1. The van der Waals surface area contributed by atoms with Crippen LogP contribution in [0.25, 0.3) is 0 Å². The molecular weight excluding hydrogens is 329 g/mol. The van der Waals surface area contributed by atoms with Crippen LogP contribution in [0.4, 0.5) is 24.5 Å². The highest BCUT2D eigenvalue weighted by molar-refractivity contribution is 6.00. The molecule has 3 rings (SSSR count). The number of nitrogens with zero attached hydrogens (tertiary/aromatic N) is 1. The van der Waals surface area contributed by atoms with Crippen molar-refractivity contribution in [2.24, 2.45) is 5.92 Å². The molecule has 3 nitrogen and oxygen atoms in total. The van der Waals surface area contributed by atoms with E-state index in [4.69, 9.17) is 0 Å². The fourth-order valence-corrected chi connectivity index (χ4v) is 3.05. The van der Waals surface area contributed by atoms with E-state index in [1.54, 1.807) is 24.3 Å². The number of halogens is 3. The van der Waals surface area contributed by atoms with Gasteiger partial charge in [-0.3, -0.25) is 4.79 Å². The largest absolute Gasteiger partial charge is 0.393 e. The van der Waals surface area contributed by atoms with Crippen LogP contribution in [-0.4, -0.2) is 30.1 Å². The fraction of sp³-hybridized carbons (Fsp3) is 0.316. The number of anilines is 2. The molecular formula is C19H19F3N2O. The van der Waals surface area contributed by atoms with Crippen molar-refractivity contribution in [3.63, 3.8) is 0 Å². The first kappa shape index (κ1) is 17.3. The van der Waals surface area contributed by atoms with Crippen LogP contribution in [0.1, 0.15) is 23.2 Å². The summed E-state index contributed by atoms with van der Waals surface area (Å²) in [6, 6.07) is 16.2. The SMILES string of the molecule is O=C(c1ccccc1Nc1ccccc1)N1CCC[C@H](C(F)(F)F)C1. The van der Waals surface area contributed by atoms with Gasteiger partial charge in [-0.15, -0.1) is 0 Å². The van der Waals surface area contributed by atoms with Gasteiger partial charge in [0.15, 0.2) is 0 Å². The summed E-state index contributed by atoms with van der Waals surface area (Å²) in [7, 11) is 0. The minimum absolute atomic E-state index is 0.0805. The van der Waals surface area contributed by atoms with E-state index < -0.39 is 12.1 Å². The summed E-state index contributed by atoms with van der Waals surface area (Å²) < 4.78 is 39.0. The Bertz CT molecular complexity index is 731.